The fraction of sp³-hybridized carbons (Fsp3) is 0.353. The number of ether oxygens (including phenoxy) is 1. The average Bonchev–Trinajstić information content (AvgIpc) is 2.54. The number of benzene rings is 1. The molecule has 2 rings (SSSR count). The van der Waals surface area contributed by atoms with Crippen LogP contribution in [0.3, 0.4) is 0 Å². The van der Waals surface area contributed by atoms with Crippen LogP contribution in [-0.4, -0.2) is 17.2 Å². The van der Waals surface area contributed by atoms with Crippen molar-refractivity contribution in [2.45, 2.75) is 31.8 Å². The molecule has 22 heavy (non-hydrogen) atoms. The third-order valence-corrected chi connectivity index (χ3v) is 4.40. The maximum absolute atomic E-state index is 10.8. The Hall–Kier alpha value is -1.29. The highest BCUT2D eigenvalue weighted by atomic mass is 35.5. The molecule has 0 saturated carbocycles. The van der Waals surface area contributed by atoms with Crippen molar-refractivity contribution in [2.24, 2.45) is 0 Å². The molecule has 0 aliphatic heterocycles. The largest absolute Gasteiger partial charge is 0.495 e. The van der Waals surface area contributed by atoms with Crippen LogP contribution < -0.4 is 4.74 Å². The minimum absolute atomic E-state index is 0.0753. The van der Waals surface area contributed by atoms with Gasteiger partial charge in [0.05, 0.1) is 29.5 Å². The van der Waals surface area contributed by atoms with Crippen LogP contribution >= 0.6 is 23.2 Å². The molecule has 118 valence electrons. The molecule has 2 aromatic rings. The summed E-state index contributed by atoms with van der Waals surface area (Å²) >= 11 is 12.1. The maximum Gasteiger partial charge on any atom is 0.137 e. The molecule has 1 aromatic carbocycles. The van der Waals surface area contributed by atoms with E-state index < -0.39 is 6.10 Å². The van der Waals surface area contributed by atoms with Crippen LogP contribution in [0.15, 0.2) is 36.7 Å². The monoisotopic (exact) mass is 339 g/mol. The van der Waals surface area contributed by atoms with Crippen LogP contribution in [0.2, 0.25) is 10.0 Å². The van der Waals surface area contributed by atoms with Crippen LogP contribution in [0.5, 0.6) is 5.75 Å². The predicted molar refractivity (Wildman–Crippen MR) is 89.9 cm³/mol. The van der Waals surface area contributed by atoms with Gasteiger partial charge in [0, 0.05) is 17.7 Å². The van der Waals surface area contributed by atoms with Crippen LogP contribution in [0.1, 0.15) is 42.9 Å². The molecule has 0 radical (unpaired) electrons. The zero-order valence-electron chi connectivity index (χ0n) is 12.6. The standard InChI is InChI=1S/C17H19Cl2NO2/c1-3-4-14(11-5-6-15(18)16(19)8-11)17(21)12-7-13(22-2)10-20-9-12/h5-10,14,17,21H,3-4H2,1-2H3/t14-,17-/m1/s1. The molecule has 0 fully saturated rings. The fourth-order valence-corrected chi connectivity index (χ4v) is 2.81. The molecule has 0 bridgehead atoms. The minimum atomic E-state index is -0.681. The average molecular weight is 340 g/mol. The Labute approximate surface area is 140 Å². The van der Waals surface area contributed by atoms with Crippen LogP contribution in [-0.2, 0) is 0 Å². The second-order valence-electron chi connectivity index (χ2n) is 5.17. The lowest BCUT2D eigenvalue weighted by atomic mass is 9.86. The second kappa shape index (κ2) is 7.82. The number of aliphatic hydroxyl groups is 1. The van der Waals surface area contributed by atoms with Crippen molar-refractivity contribution >= 4 is 23.2 Å². The molecular weight excluding hydrogens is 321 g/mol. The van der Waals surface area contributed by atoms with E-state index in [1.54, 1.807) is 31.6 Å². The van der Waals surface area contributed by atoms with E-state index in [1.165, 1.54) is 0 Å². The zero-order valence-corrected chi connectivity index (χ0v) is 14.1. The molecule has 5 heteroatoms. The van der Waals surface area contributed by atoms with Gasteiger partial charge in [0.1, 0.15) is 5.75 Å². The normalized spacial score (nSPS) is 13.7. The Kier molecular flexibility index (Phi) is 6.07. The first-order valence-corrected chi connectivity index (χ1v) is 7.94. The summed E-state index contributed by atoms with van der Waals surface area (Å²) in [7, 11) is 1.58. The van der Waals surface area contributed by atoms with E-state index in [2.05, 4.69) is 11.9 Å². The Morgan fingerprint density at radius 1 is 1.14 bits per heavy atom. The molecule has 0 saturated heterocycles. The Morgan fingerprint density at radius 2 is 1.91 bits per heavy atom. The van der Waals surface area contributed by atoms with Crippen molar-refractivity contribution in [3.63, 3.8) is 0 Å². The molecule has 0 aliphatic rings. The molecule has 1 N–H and O–H groups in total. The first-order valence-electron chi connectivity index (χ1n) is 7.18. The van der Waals surface area contributed by atoms with Gasteiger partial charge in [-0.05, 0) is 30.2 Å². The number of pyridine rings is 1. The zero-order chi connectivity index (χ0) is 16.1. The van der Waals surface area contributed by atoms with E-state index in [1.807, 2.05) is 12.1 Å². The first-order chi connectivity index (χ1) is 10.6. The van der Waals surface area contributed by atoms with Gasteiger partial charge in [-0.15, -0.1) is 0 Å². The van der Waals surface area contributed by atoms with Crippen molar-refractivity contribution in [3.8, 4) is 5.75 Å². The van der Waals surface area contributed by atoms with Crippen molar-refractivity contribution in [3.05, 3.63) is 57.8 Å². The summed E-state index contributed by atoms with van der Waals surface area (Å²) < 4.78 is 5.17. The summed E-state index contributed by atoms with van der Waals surface area (Å²) in [5.41, 5.74) is 1.69. The molecule has 0 spiro atoms. The highest BCUT2D eigenvalue weighted by Gasteiger charge is 2.23. The van der Waals surface area contributed by atoms with E-state index in [9.17, 15) is 5.11 Å². The molecule has 0 amide bonds. The van der Waals surface area contributed by atoms with Crippen molar-refractivity contribution in [2.75, 3.05) is 7.11 Å². The van der Waals surface area contributed by atoms with Gasteiger partial charge in [-0.25, -0.2) is 0 Å². The van der Waals surface area contributed by atoms with Crippen LogP contribution in [0.4, 0.5) is 0 Å². The molecule has 0 unspecified atom stereocenters. The quantitative estimate of drug-likeness (QED) is 0.803. The van der Waals surface area contributed by atoms with Crippen molar-refractivity contribution in [1.82, 2.24) is 4.98 Å². The van der Waals surface area contributed by atoms with Gasteiger partial charge in [0.25, 0.3) is 0 Å². The summed E-state index contributed by atoms with van der Waals surface area (Å²) in [6.07, 6.45) is 4.37. The third-order valence-electron chi connectivity index (χ3n) is 3.66. The van der Waals surface area contributed by atoms with Gasteiger partial charge in [-0.1, -0.05) is 42.6 Å². The fourth-order valence-electron chi connectivity index (χ4n) is 2.50. The summed E-state index contributed by atoms with van der Waals surface area (Å²) in [5.74, 6) is 0.551. The SMILES string of the molecule is CCC[C@H](c1ccc(Cl)c(Cl)c1)[C@H](O)c1cncc(OC)c1. The van der Waals surface area contributed by atoms with Gasteiger partial charge in [0.2, 0.25) is 0 Å². The van der Waals surface area contributed by atoms with Gasteiger partial charge in [0.15, 0.2) is 0 Å². The topological polar surface area (TPSA) is 42.4 Å². The lowest BCUT2D eigenvalue weighted by molar-refractivity contribution is 0.139. The summed E-state index contributed by atoms with van der Waals surface area (Å²) in [4.78, 5) is 4.11. The predicted octanol–water partition coefficient (Wildman–Crippen LogP) is 5.01. The van der Waals surface area contributed by atoms with Crippen LogP contribution in [0, 0.1) is 0 Å². The number of aliphatic hydroxyl groups excluding tert-OH is 1. The van der Waals surface area contributed by atoms with Gasteiger partial charge in [-0.2, -0.15) is 0 Å². The third kappa shape index (κ3) is 3.92. The van der Waals surface area contributed by atoms with Crippen molar-refractivity contribution < 1.29 is 9.84 Å². The number of nitrogens with zero attached hydrogens (tertiary/aromatic N) is 1. The van der Waals surface area contributed by atoms with Crippen LogP contribution in [0.25, 0.3) is 0 Å². The maximum atomic E-state index is 10.8. The molecule has 1 heterocycles. The number of aromatic nitrogens is 1. The highest BCUT2D eigenvalue weighted by Crippen LogP contribution is 2.37. The Bertz CT molecular complexity index is 634. The number of halogens is 2. The van der Waals surface area contributed by atoms with E-state index in [4.69, 9.17) is 27.9 Å². The lowest BCUT2D eigenvalue weighted by Crippen LogP contribution is -2.11. The molecular formula is C17H19Cl2NO2. The van der Waals surface area contributed by atoms with E-state index in [-0.39, 0.29) is 5.92 Å². The van der Waals surface area contributed by atoms with Gasteiger partial charge >= 0.3 is 0 Å². The molecule has 1 aromatic heterocycles. The minimum Gasteiger partial charge on any atom is -0.495 e. The summed E-state index contributed by atoms with van der Waals surface area (Å²) in [6, 6.07) is 7.29. The van der Waals surface area contributed by atoms with E-state index >= 15 is 0 Å². The summed E-state index contributed by atoms with van der Waals surface area (Å²) in [5, 5.41) is 11.8. The smallest absolute Gasteiger partial charge is 0.137 e. The first kappa shape index (κ1) is 17.1. The van der Waals surface area contributed by atoms with Gasteiger partial charge in [-0.3, -0.25) is 4.98 Å². The number of rotatable bonds is 6. The Balaban J connectivity index is 2.35. The van der Waals surface area contributed by atoms with E-state index in [0.29, 0.717) is 15.8 Å². The number of methoxy groups -OCH3 is 1. The highest BCUT2D eigenvalue weighted by molar-refractivity contribution is 6.42. The second-order valence-corrected chi connectivity index (χ2v) is 5.99. The van der Waals surface area contributed by atoms with Crippen molar-refractivity contribution in [1.29, 1.82) is 0 Å². The summed E-state index contributed by atoms with van der Waals surface area (Å²) in [6.45, 7) is 2.08. The molecule has 2 atom stereocenters. The number of hydrogen-bond donors (Lipinski definition) is 1. The Morgan fingerprint density at radius 3 is 2.55 bits per heavy atom. The molecule has 3 nitrogen and oxygen atoms in total. The number of hydrogen-bond acceptors (Lipinski definition) is 3. The molecule has 0 aliphatic carbocycles. The van der Waals surface area contributed by atoms with Gasteiger partial charge < -0.3 is 9.84 Å². The van der Waals surface area contributed by atoms with E-state index in [0.717, 1.165) is 24.0 Å². The lowest BCUT2D eigenvalue weighted by Gasteiger charge is -2.24.